The number of rotatable bonds is 7. The van der Waals surface area contributed by atoms with Crippen LogP contribution < -0.4 is 4.74 Å². The second-order valence-corrected chi connectivity index (χ2v) is 5.97. The summed E-state index contributed by atoms with van der Waals surface area (Å²) < 4.78 is 5.16. The number of aromatic hydroxyl groups is 2. The summed E-state index contributed by atoms with van der Waals surface area (Å²) in [5, 5.41) is 30.8. The van der Waals surface area contributed by atoms with Crippen LogP contribution in [0.1, 0.15) is 28.4 Å². The Morgan fingerprint density at radius 1 is 1.27 bits per heavy atom. The normalized spacial score (nSPS) is 12.1. The number of hydrogen-bond acceptors (Lipinski definition) is 5. The van der Waals surface area contributed by atoms with Crippen molar-refractivity contribution in [3.05, 3.63) is 71.3 Å². The molecule has 136 valence electrons. The van der Waals surface area contributed by atoms with E-state index in [1.807, 2.05) is 30.3 Å². The van der Waals surface area contributed by atoms with E-state index in [0.717, 1.165) is 5.56 Å². The van der Waals surface area contributed by atoms with E-state index >= 15 is 0 Å². The van der Waals surface area contributed by atoms with Crippen molar-refractivity contribution in [3.63, 3.8) is 0 Å². The number of carbonyl (C=O) groups excluding carboxylic acids is 1. The standard InChI is InChI=1S/C21H22O5/c1-13(2)17(23)11-15-19(26-3)12-18(24)20(21(15)25)16(22)10-9-14-7-5-4-6-8-14/h4-10,12,17,23-25H,1,11H2,2-3H3/t17-/m1/s1. The van der Waals surface area contributed by atoms with Crippen LogP contribution in [0.5, 0.6) is 17.2 Å². The molecular weight excluding hydrogens is 332 g/mol. The summed E-state index contributed by atoms with van der Waals surface area (Å²) in [4.78, 5) is 12.5. The summed E-state index contributed by atoms with van der Waals surface area (Å²) in [6.45, 7) is 5.33. The first-order valence-corrected chi connectivity index (χ1v) is 8.07. The van der Waals surface area contributed by atoms with Gasteiger partial charge in [0.1, 0.15) is 22.8 Å². The third kappa shape index (κ3) is 4.32. The van der Waals surface area contributed by atoms with E-state index in [4.69, 9.17) is 4.74 Å². The average Bonchev–Trinajstić information content (AvgIpc) is 2.62. The molecule has 0 saturated heterocycles. The molecule has 2 rings (SSSR count). The Bertz CT molecular complexity index is 837. The van der Waals surface area contributed by atoms with Crippen molar-refractivity contribution in [2.75, 3.05) is 7.11 Å². The summed E-state index contributed by atoms with van der Waals surface area (Å²) in [6, 6.07) is 10.4. The maximum absolute atomic E-state index is 12.5. The second-order valence-electron chi connectivity index (χ2n) is 5.97. The van der Waals surface area contributed by atoms with Crippen LogP contribution in [0, 0.1) is 0 Å². The van der Waals surface area contributed by atoms with E-state index in [2.05, 4.69) is 6.58 Å². The van der Waals surface area contributed by atoms with E-state index in [9.17, 15) is 20.1 Å². The quantitative estimate of drug-likeness (QED) is 0.402. The Morgan fingerprint density at radius 3 is 2.50 bits per heavy atom. The molecular formula is C21H22O5. The van der Waals surface area contributed by atoms with Gasteiger partial charge in [-0.3, -0.25) is 4.79 Å². The molecule has 0 spiro atoms. The lowest BCUT2D eigenvalue weighted by atomic mass is 9.96. The van der Waals surface area contributed by atoms with Crippen LogP contribution >= 0.6 is 0 Å². The van der Waals surface area contributed by atoms with E-state index in [-0.39, 0.29) is 23.3 Å². The molecule has 0 aliphatic rings. The van der Waals surface area contributed by atoms with Crippen LogP contribution in [0.25, 0.3) is 6.08 Å². The lowest BCUT2D eigenvalue weighted by molar-refractivity contribution is 0.104. The Balaban J connectivity index is 2.43. The number of aliphatic hydroxyl groups excluding tert-OH is 1. The van der Waals surface area contributed by atoms with Crippen molar-refractivity contribution < 1.29 is 24.9 Å². The topological polar surface area (TPSA) is 87.0 Å². The zero-order valence-electron chi connectivity index (χ0n) is 14.8. The maximum atomic E-state index is 12.5. The number of aliphatic hydroxyl groups is 1. The van der Waals surface area contributed by atoms with Crippen LogP contribution in [-0.2, 0) is 6.42 Å². The number of carbonyl (C=O) groups is 1. The smallest absolute Gasteiger partial charge is 0.193 e. The van der Waals surface area contributed by atoms with Gasteiger partial charge in [-0.2, -0.15) is 0 Å². The Hall–Kier alpha value is -3.05. The van der Waals surface area contributed by atoms with Crippen molar-refractivity contribution in [1.82, 2.24) is 0 Å². The number of hydrogen-bond donors (Lipinski definition) is 3. The molecule has 0 aromatic heterocycles. The lowest BCUT2D eigenvalue weighted by Gasteiger charge is -2.17. The zero-order chi connectivity index (χ0) is 19.3. The zero-order valence-corrected chi connectivity index (χ0v) is 14.8. The predicted octanol–water partition coefficient (Wildman–Crippen LogP) is 3.48. The molecule has 0 unspecified atom stereocenters. The van der Waals surface area contributed by atoms with Crippen LogP contribution in [0.4, 0.5) is 0 Å². The number of phenols is 2. The van der Waals surface area contributed by atoms with Gasteiger partial charge in [0.15, 0.2) is 5.78 Å². The van der Waals surface area contributed by atoms with Crippen molar-refractivity contribution in [1.29, 1.82) is 0 Å². The first kappa shape index (κ1) is 19.3. The first-order chi connectivity index (χ1) is 12.3. The van der Waals surface area contributed by atoms with Gasteiger partial charge >= 0.3 is 0 Å². The van der Waals surface area contributed by atoms with Crippen LogP contribution in [0.15, 0.2) is 54.6 Å². The van der Waals surface area contributed by atoms with Gasteiger partial charge in [0.25, 0.3) is 0 Å². The molecule has 0 saturated carbocycles. The average molecular weight is 354 g/mol. The molecule has 26 heavy (non-hydrogen) atoms. The molecule has 0 heterocycles. The Labute approximate surface area is 152 Å². The molecule has 5 nitrogen and oxygen atoms in total. The summed E-state index contributed by atoms with van der Waals surface area (Å²) in [5.74, 6) is -1.18. The first-order valence-electron chi connectivity index (χ1n) is 8.07. The van der Waals surface area contributed by atoms with E-state index in [1.165, 1.54) is 19.3 Å². The third-order valence-corrected chi connectivity index (χ3v) is 4.00. The predicted molar refractivity (Wildman–Crippen MR) is 101 cm³/mol. The molecule has 0 amide bonds. The van der Waals surface area contributed by atoms with Gasteiger partial charge in [-0.25, -0.2) is 0 Å². The molecule has 0 aliphatic carbocycles. The van der Waals surface area contributed by atoms with Gasteiger partial charge < -0.3 is 20.1 Å². The molecule has 0 fully saturated rings. The monoisotopic (exact) mass is 354 g/mol. The van der Waals surface area contributed by atoms with Crippen molar-refractivity contribution in [3.8, 4) is 17.2 Å². The van der Waals surface area contributed by atoms with Gasteiger partial charge in [0.05, 0.1) is 13.2 Å². The van der Waals surface area contributed by atoms with Gasteiger partial charge in [0.2, 0.25) is 0 Å². The van der Waals surface area contributed by atoms with Crippen LogP contribution in [-0.4, -0.2) is 34.3 Å². The summed E-state index contributed by atoms with van der Waals surface area (Å²) in [7, 11) is 1.38. The largest absolute Gasteiger partial charge is 0.507 e. The highest BCUT2D eigenvalue weighted by atomic mass is 16.5. The number of ketones is 1. The molecule has 0 aliphatic heterocycles. The number of ether oxygens (including phenoxy) is 1. The molecule has 1 atom stereocenters. The lowest BCUT2D eigenvalue weighted by Crippen LogP contribution is -2.13. The van der Waals surface area contributed by atoms with E-state index < -0.39 is 23.4 Å². The van der Waals surface area contributed by atoms with Gasteiger partial charge in [0, 0.05) is 18.1 Å². The molecule has 0 bridgehead atoms. The minimum Gasteiger partial charge on any atom is -0.507 e. The fourth-order valence-electron chi connectivity index (χ4n) is 2.48. The van der Waals surface area contributed by atoms with Crippen molar-refractivity contribution in [2.24, 2.45) is 0 Å². The van der Waals surface area contributed by atoms with Crippen LogP contribution in [0.2, 0.25) is 0 Å². The molecule has 5 heteroatoms. The Morgan fingerprint density at radius 2 is 1.92 bits per heavy atom. The number of phenolic OH excluding ortho intramolecular Hbond substituents is 2. The maximum Gasteiger partial charge on any atom is 0.193 e. The highest BCUT2D eigenvalue weighted by Gasteiger charge is 2.23. The second kappa shape index (κ2) is 8.36. The van der Waals surface area contributed by atoms with E-state index in [0.29, 0.717) is 5.57 Å². The summed E-state index contributed by atoms with van der Waals surface area (Å²) in [6.07, 6.45) is 1.96. The van der Waals surface area contributed by atoms with E-state index in [1.54, 1.807) is 13.0 Å². The summed E-state index contributed by atoms with van der Waals surface area (Å²) >= 11 is 0. The number of allylic oxidation sites excluding steroid dienone is 1. The van der Waals surface area contributed by atoms with Crippen LogP contribution in [0.3, 0.4) is 0 Å². The van der Waals surface area contributed by atoms with Gasteiger partial charge in [-0.05, 0) is 18.6 Å². The highest BCUT2D eigenvalue weighted by Crippen LogP contribution is 2.39. The number of methoxy groups -OCH3 is 1. The van der Waals surface area contributed by atoms with Crippen molar-refractivity contribution >= 4 is 11.9 Å². The fraction of sp³-hybridized carbons (Fsp3) is 0.190. The minimum absolute atomic E-state index is 0.00724. The van der Waals surface area contributed by atoms with Gasteiger partial charge in [-0.1, -0.05) is 48.6 Å². The SMILES string of the molecule is C=C(C)[C@H](O)Cc1c(OC)cc(O)c(C(=O)C=Cc2ccccc2)c1O. The molecule has 2 aromatic rings. The Kier molecular flexibility index (Phi) is 6.20. The third-order valence-electron chi connectivity index (χ3n) is 4.00. The van der Waals surface area contributed by atoms with Gasteiger partial charge in [-0.15, -0.1) is 0 Å². The highest BCUT2D eigenvalue weighted by molar-refractivity contribution is 6.10. The molecule has 0 radical (unpaired) electrons. The minimum atomic E-state index is -0.915. The number of benzene rings is 2. The summed E-state index contributed by atoms with van der Waals surface area (Å²) in [5.41, 5.74) is 1.32. The van der Waals surface area contributed by atoms with Crippen molar-refractivity contribution in [2.45, 2.75) is 19.4 Å². The fourth-order valence-corrected chi connectivity index (χ4v) is 2.48. The molecule has 2 aromatic carbocycles. The molecule has 3 N–H and O–H groups in total.